The number of aryl methyl sites for hydroxylation is 1. The number of aromatic nitrogens is 4. The van der Waals surface area contributed by atoms with Gasteiger partial charge in [-0.25, -0.2) is 0 Å². The van der Waals surface area contributed by atoms with E-state index in [0.29, 0.717) is 10.4 Å². The molecule has 1 amide bonds. The zero-order valence-corrected chi connectivity index (χ0v) is 18.1. The molecule has 0 aliphatic heterocycles. The number of benzene rings is 2. The largest absolute Gasteiger partial charge is 0.496 e. The molecule has 2 aromatic heterocycles. The van der Waals surface area contributed by atoms with Crippen LogP contribution in [0.4, 0.5) is 5.95 Å². The first-order chi connectivity index (χ1) is 14.9. The third-order valence-corrected chi connectivity index (χ3v) is 6.85. The topological polar surface area (TPSA) is 130 Å². The average Bonchev–Trinajstić information content (AvgIpc) is 3.36. The fraction of sp³-hybridized carbons (Fsp3) is 0.150. The van der Waals surface area contributed by atoms with E-state index in [4.69, 9.17) is 9.84 Å². The number of aromatic amines is 1. The van der Waals surface area contributed by atoms with Crippen LogP contribution in [0.1, 0.15) is 20.8 Å². The molecule has 2 heterocycles. The lowest BCUT2D eigenvalue weighted by Crippen LogP contribution is -2.12. The van der Waals surface area contributed by atoms with Crippen LogP contribution in [0.25, 0.3) is 10.1 Å². The Kier molecular flexibility index (Phi) is 5.87. The number of carboxylic acid groups (broad SMARTS) is 1. The minimum Gasteiger partial charge on any atom is -0.496 e. The van der Waals surface area contributed by atoms with Crippen LogP contribution in [-0.2, 0) is 11.2 Å². The number of carbonyl (C=O) groups excluding carboxylic acids is 1. The summed E-state index contributed by atoms with van der Waals surface area (Å²) in [5.41, 5.74) is 1.68. The quantitative estimate of drug-likeness (QED) is 0.384. The number of carboxylic acids is 1. The number of carbonyl (C=O) groups is 2. The Balaban J connectivity index is 1.74. The van der Waals surface area contributed by atoms with Crippen molar-refractivity contribution in [3.8, 4) is 5.75 Å². The fourth-order valence-electron chi connectivity index (χ4n) is 3.01. The van der Waals surface area contributed by atoms with Crippen LogP contribution >= 0.6 is 23.1 Å². The van der Waals surface area contributed by atoms with Gasteiger partial charge >= 0.3 is 5.97 Å². The number of methoxy groups -OCH3 is 1. The van der Waals surface area contributed by atoms with Crippen LogP contribution in [-0.4, -0.2) is 44.7 Å². The molecule has 0 fully saturated rings. The third kappa shape index (κ3) is 4.52. The molecule has 0 saturated heterocycles. The van der Waals surface area contributed by atoms with Crippen molar-refractivity contribution in [3.63, 3.8) is 0 Å². The number of rotatable bonds is 7. The number of nitrogens with one attached hydrogen (secondary N) is 2. The molecule has 0 unspecified atom stereocenters. The van der Waals surface area contributed by atoms with E-state index in [-0.39, 0.29) is 18.3 Å². The summed E-state index contributed by atoms with van der Waals surface area (Å²) in [5.74, 6) is -0.407. The highest BCUT2D eigenvalue weighted by molar-refractivity contribution is 7.99. The van der Waals surface area contributed by atoms with Crippen LogP contribution in [0.3, 0.4) is 0 Å². The first-order valence-electron chi connectivity index (χ1n) is 9.09. The molecule has 4 aromatic rings. The lowest BCUT2D eigenvalue weighted by atomic mass is 10.1. The van der Waals surface area contributed by atoms with Crippen molar-refractivity contribution in [2.75, 3.05) is 12.4 Å². The average molecular weight is 456 g/mol. The lowest BCUT2D eigenvalue weighted by molar-refractivity contribution is -0.136. The maximum Gasteiger partial charge on any atom is 0.307 e. The second-order valence-electron chi connectivity index (χ2n) is 6.58. The Morgan fingerprint density at radius 1 is 1.26 bits per heavy atom. The molecule has 2 aromatic carbocycles. The first-order valence-corrected chi connectivity index (χ1v) is 10.7. The van der Waals surface area contributed by atoms with Crippen molar-refractivity contribution in [2.45, 2.75) is 23.1 Å². The van der Waals surface area contributed by atoms with Gasteiger partial charge in [0.2, 0.25) is 0 Å². The van der Waals surface area contributed by atoms with Crippen LogP contribution < -0.4 is 10.1 Å². The molecule has 3 N–H and O–H groups in total. The smallest absolute Gasteiger partial charge is 0.307 e. The van der Waals surface area contributed by atoms with Gasteiger partial charge in [0.15, 0.2) is 0 Å². The molecule has 31 heavy (non-hydrogen) atoms. The molecule has 0 aliphatic carbocycles. The number of aliphatic carboxylic acids is 1. The maximum atomic E-state index is 13.0. The van der Waals surface area contributed by atoms with Crippen molar-refractivity contribution in [1.82, 2.24) is 20.6 Å². The highest BCUT2D eigenvalue weighted by Gasteiger charge is 2.22. The van der Waals surface area contributed by atoms with Gasteiger partial charge in [0.25, 0.3) is 11.9 Å². The van der Waals surface area contributed by atoms with E-state index in [0.717, 1.165) is 31.2 Å². The van der Waals surface area contributed by atoms with Gasteiger partial charge in [0.05, 0.1) is 13.5 Å². The zero-order valence-electron chi connectivity index (χ0n) is 16.5. The number of anilines is 1. The number of hydrogen-bond donors (Lipinski definition) is 3. The molecule has 0 spiro atoms. The number of fused-ring (bicyclic) bond motifs is 1. The lowest BCUT2D eigenvalue weighted by Gasteiger charge is -2.07. The molecule has 0 saturated carbocycles. The van der Waals surface area contributed by atoms with Crippen molar-refractivity contribution in [3.05, 3.63) is 52.4 Å². The van der Waals surface area contributed by atoms with Crippen LogP contribution in [0.5, 0.6) is 5.75 Å². The van der Waals surface area contributed by atoms with E-state index in [2.05, 4.69) is 25.9 Å². The number of hydrogen-bond acceptors (Lipinski definition) is 8. The normalized spacial score (nSPS) is 10.9. The van der Waals surface area contributed by atoms with Gasteiger partial charge in [0, 0.05) is 19.9 Å². The van der Waals surface area contributed by atoms with E-state index in [1.54, 1.807) is 19.2 Å². The summed E-state index contributed by atoms with van der Waals surface area (Å²) in [6, 6.07) is 11.2. The molecule has 0 radical (unpaired) electrons. The number of amides is 1. The Morgan fingerprint density at radius 3 is 2.68 bits per heavy atom. The van der Waals surface area contributed by atoms with Crippen molar-refractivity contribution in [2.24, 2.45) is 0 Å². The predicted molar refractivity (Wildman–Crippen MR) is 117 cm³/mol. The molecule has 0 atom stereocenters. The van der Waals surface area contributed by atoms with Crippen molar-refractivity contribution >= 4 is 51.0 Å². The molecular formula is C20H17N5O4S2. The Bertz CT molecular complexity index is 1250. The molecule has 0 aliphatic rings. The number of tetrazole rings is 1. The first kappa shape index (κ1) is 20.8. The van der Waals surface area contributed by atoms with E-state index in [9.17, 15) is 9.59 Å². The van der Waals surface area contributed by atoms with Gasteiger partial charge in [-0.1, -0.05) is 29.0 Å². The Hall–Kier alpha value is -3.44. The fourth-order valence-corrected chi connectivity index (χ4v) is 5.37. The second kappa shape index (κ2) is 8.74. The molecule has 9 nitrogen and oxygen atoms in total. The summed E-state index contributed by atoms with van der Waals surface area (Å²) in [7, 11) is 1.61. The van der Waals surface area contributed by atoms with Gasteiger partial charge in [-0.3, -0.25) is 14.9 Å². The van der Waals surface area contributed by atoms with Crippen LogP contribution in [0.15, 0.2) is 46.2 Å². The Morgan fingerprint density at radius 2 is 2.03 bits per heavy atom. The summed E-state index contributed by atoms with van der Waals surface area (Å²) in [6.07, 6.45) is -0.0405. The monoisotopic (exact) mass is 455 g/mol. The minimum absolute atomic E-state index is 0.0405. The summed E-state index contributed by atoms with van der Waals surface area (Å²) in [6.45, 7) is 1.95. The molecule has 0 bridgehead atoms. The molecule has 4 rings (SSSR count). The van der Waals surface area contributed by atoms with Gasteiger partial charge < -0.3 is 9.84 Å². The van der Waals surface area contributed by atoms with E-state index in [1.165, 1.54) is 23.1 Å². The zero-order chi connectivity index (χ0) is 22.0. The number of ether oxygens (including phenoxy) is 1. The Labute approximate surface area is 184 Å². The molecule has 158 valence electrons. The van der Waals surface area contributed by atoms with E-state index in [1.807, 2.05) is 31.2 Å². The molecule has 11 heteroatoms. The van der Waals surface area contributed by atoms with Gasteiger partial charge in [-0.05, 0) is 47.5 Å². The highest BCUT2D eigenvalue weighted by atomic mass is 32.2. The number of thiophene rings is 1. The molecular weight excluding hydrogens is 438 g/mol. The van der Waals surface area contributed by atoms with Crippen molar-refractivity contribution in [1.29, 1.82) is 0 Å². The third-order valence-electron chi connectivity index (χ3n) is 4.44. The van der Waals surface area contributed by atoms with Crippen LogP contribution in [0, 0.1) is 6.92 Å². The highest BCUT2D eigenvalue weighted by Crippen LogP contribution is 2.44. The summed E-state index contributed by atoms with van der Waals surface area (Å²) in [4.78, 5) is 26.0. The summed E-state index contributed by atoms with van der Waals surface area (Å²) < 4.78 is 6.42. The van der Waals surface area contributed by atoms with E-state index < -0.39 is 5.97 Å². The van der Waals surface area contributed by atoms with Gasteiger partial charge in [0.1, 0.15) is 10.6 Å². The minimum atomic E-state index is -0.882. The summed E-state index contributed by atoms with van der Waals surface area (Å²) >= 11 is 2.79. The number of nitrogens with zero attached hydrogens (tertiary/aromatic N) is 3. The second-order valence-corrected chi connectivity index (χ2v) is 8.72. The van der Waals surface area contributed by atoms with E-state index >= 15 is 0 Å². The standard InChI is InChI=1S/C20H17N5O4S2/c1-10-7-15-13(9-14(10)29-2)17(18(31-15)19(28)21-20-22-24-25-23-20)30-12-5-3-11(4-6-12)8-16(26)27/h3-7,9H,8H2,1-2H3,(H,26,27)(H2,21,22,23,24,25,28). The SMILES string of the molecule is COc1cc2c(Sc3ccc(CC(=O)O)cc3)c(C(=O)Nc3nn[nH]n3)sc2cc1C. The maximum absolute atomic E-state index is 13.0. The van der Waals surface area contributed by atoms with Gasteiger partial charge in [-0.2, -0.15) is 5.21 Å². The summed E-state index contributed by atoms with van der Waals surface area (Å²) in [5, 5.41) is 25.8. The van der Waals surface area contributed by atoms with Crippen molar-refractivity contribution < 1.29 is 19.4 Å². The predicted octanol–water partition coefficient (Wildman–Crippen LogP) is 3.76. The number of H-pyrrole nitrogens is 1. The van der Waals surface area contributed by atoms with Gasteiger partial charge in [-0.15, -0.1) is 16.4 Å². The van der Waals surface area contributed by atoms with Crippen LogP contribution in [0.2, 0.25) is 0 Å².